The van der Waals surface area contributed by atoms with Crippen LogP contribution in [0.4, 0.5) is 0 Å². The van der Waals surface area contributed by atoms with Crippen molar-refractivity contribution in [3.63, 3.8) is 0 Å². The monoisotopic (exact) mass is 322 g/mol. The van der Waals surface area contributed by atoms with Gasteiger partial charge in [-0.2, -0.15) is 0 Å². The Morgan fingerprint density at radius 3 is 2.00 bits per heavy atom. The van der Waals surface area contributed by atoms with Crippen molar-refractivity contribution in [1.29, 1.82) is 0 Å². The number of rotatable bonds is 2. The Bertz CT molecular complexity index is 121. The SMILES string of the molecule is C=C/C(C)=C\C=C\C.CC.[W]. The van der Waals surface area contributed by atoms with Gasteiger partial charge in [-0.05, 0) is 13.8 Å². The molecule has 0 fully saturated rings. The molecule has 0 aliphatic rings. The van der Waals surface area contributed by atoms with E-state index in [0.29, 0.717) is 0 Å². The summed E-state index contributed by atoms with van der Waals surface area (Å²) in [5.74, 6) is 0. The van der Waals surface area contributed by atoms with Crippen LogP contribution in [0.5, 0.6) is 0 Å². The molecule has 0 rings (SSSR count). The molecule has 0 bridgehead atoms. The van der Waals surface area contributed by atoms with Crippen molar-refractivity contribution in [3.05, 3.63) is 36.5 Å². The van der Waals surface area contributed by atoms with Crippen LogP contribution in [0.2, 0.25) is 0 Å². The van der Waals surface area contributed by atoms with E-state index in [2.05, 4.69) is 6.58 Å². The molecule has 0 amide bonds. The zero-order valence-electron chi connectivity index (χ0n) is 7.92. The molecule has 0 spiro atoms. The van der Waals surface area contributed by atoms with Crippen LogP contribution < -0.4 is 0 Å². The van der Waals surface area contributed by atoms with Crippen molar-refractivity contribution in [2.75, 3.05) is 0 Å². The average molecular weight is 322 g/mol. The number of hydrogen-bond acceptors (Lipinski definition) is 0. The van der Waals surface area contributed by atoms with Crippen molar-refractivity contribution in [3.8, 4) is 0 Å². The predicted octanol–water partition coefficient (Wildman–Crippen LogP) is 3.72. The van der Waals surface area contributed by atoms with Crippen LogP contribution in [-0.4, -0.2) is 0 Å². The summed E-state index contributed by atoms with van der Waals surface area (Å²) in [6, 6.07) is 0. The van der Waals surface area contributed by atoms with Gasteiger partial charge < -0.3 is 0 Å². The number of hydrogen-bond donors (Lipinski definition) is 0. The Hall–Kier alpha value is -0.0917. The second-order valence-corrected chi connectivity index (χ2v) is 1.64. The Labute approximate surface area is 85.3 Å². The summed E-state index contributed by atoms with van der Waals surface area (Å²) < 4.78 is 0. The summed E-state index contributed by atoms with van der Waals surface area (Å²) in [6.07, 6.45) is 7.84. The van der Waals surface area contributed by atoms with E-state index in [1.54, 1.807) is 0 Å². The maximum atomic E-state index is 3.61. The first-order valence-corrected chi connectivity index (χ1v) is 3.73. The summed E-state index contributed by atoms with van der Waals surface area (Å²) in [5.41, 5.74) is 1.20. The van der Waals surface area contributed by atoms with E-state index >= 15 is 0 Å². The first-order chi connectivity index (χ1) is 4.81. The summed E-state index contributed by atoms with van der Waals surface area (Å²) in [4.78, 5) is 0. The van der Waals surface area contributed by atoms with Gasteiger partial charge in [-0.15, -0.1) is 0 Å². The average Bonchev–Trinajstić information content (AvgIpc) is 2.04. The zero-order valence-corrected chi connectivity index (χ0v) is 10.9. The predicted molar refractivity (Wildman–Crippen MR) is 50.1 cm³/mol. The van der Waals surface area contributed by atoms with E-state index in [9.17, 15) is 0 Å². The topological polar surface area (TPSA) is 0 Å². The van der Waals surface area contributed by atoms with Crippen molar-refractivity contribution < 1.29 is 21.1 Å². The summed E-state index contributed by atoms with van der Waals surface area (Å²) in [6.45, 7) is 11.6. The van der Waals surface area contributed by atoms with Crippen molar-refractivity contribution in [1.82, 2.24) is 0 Å². The van der Waals surface area contributed by atoms with Crippen LogP contribution in [0.25, 0.3) is 0 Å². The summed E-state index contributed by atoms with van der Waals surface area (Å²) >= 11 is 0. The van der Waals surface area contributed by atoms with E-state index in [4.69, 9.17) is 0 Å². The van der Waals surface area contributed by atoms with Gasteiger partial charge in [0, 0.05) is 21.1 Å². The molecule has 0 aliphatic carbocycles. The first kappa shape index (κ1) is 17.1. The largest absolute Gasteiger partial charge is 0.0988 e. The third-order valence-corrected chi connectivity index (χ3v) is 0.874. The molecule has 11 heavy (non-hydrogen) atoms. The van der Waals surface area contributed by atoms with E-state index in [-0.39, 0.29) is 21.1 Å². The second kappa shape index (κ2) is 16.5. The number of allylic oxidation sites excluding steroid dienone is 5. The van der Waals surface area contributed by atoms with E-state index in [1.807, 2.05) is 52.0 Å². The van der Waals surface area contributed by atoms with Gasteiger partial charge in [0.2, 0.25) is 0 Å². The molecule has 0 heterocycles. The van der Waals surface area contributed by atoms with E-state index in [0.717, 1.165) is 0 Å². The normalized spacial score (nSPS) is 9.64. The third-order valence-electron chi connectivity index (χ3n) is 0.874. The van der Waals surface area contributed by atoms with Crippen LogP contribution in [-0.2, 0) is 21.1 Å². The molecule has 0 radical (unpaired) electrons. The Kier molecular flexibility index (Phi) is 25.6. The van der Waals surface area contributed by atoms with Crippen LogP contribution in [0.1, 0.15) is 27.7 Å². The maximum Gasteiger partial charge on any atom is 0 e. The Balaban J connectivity index is -0.000000196. The molecule has 0 aromatic rings. The molecule has 0 unspecified atom stereocenters. The molecule has 0 saturated carbocycles. The molecule has 0 saturated heterocycles. The molecular formula is C10H18W. The molecule has 1 heteroatoms. The fourth-order valence-corrected chi connectivity index (χ4v) is 0.316. The van der Waals surface area contributed by atoms with Crippen molar-refractivity contribution in [2.45, 2.75) is 27.7 Å². The van der Waals surface area contributed by atoms with E-state index in [1.165, 1.54) is 5.57 Å². The summed E-state index contributed by atoms with van der Waals surface area (Å²) in [7, 11) is 0. The van der Waals surface area contributed by atoms with E-state index < -0.39 is 0 Å². The van der Waals surface area contributed by atoms with Gasteiger partial charge >= 0.3 is 0 Å². The standard InChI is InChI=1S/C8H12.C2H6.W/c1-4-6-7-8(3)5-2;1-2;/h4-7H,2H2,1,3H3;1-2H3;/b6-4+,8-7-;;. The van der Waals surface area contributed by atoms with Gasteiger partial charge in [-0.3, -0.25) is 0 Å². The fourth-order valence-electron chi connectivity index (χ4n) is 0.316. The van der Waals surface area contributed by atoms with Crippen molar-refractivity contribution in [2.24, 2.45) is 0 Å². The summed E-state index contributed by atoms with van der Waals surface area (Å²) in [5, 5.41) is 0. The third kappa shape index (κ3) is 17.8. The van der Waals surface area contributed by atoms with Crippen molar-refractivity contribution >= 4 is 0 Å². The van der Waals surface area contributed by atoms with Crippen LogP contribution in [0.15, 0.2) is 36.5 Å². The van der Waals surface area contributed by atoms with Gasteiger partial charge in [0.25, 0.3) is 0 Å². The van der Waals surface area contributed by atoms with Gasteiger partial charge in [0.05, 0.1) is 0 Å². The van der Waals surface area contributed by atoms with Gasteiger partial charge in [0.1, 0.15) is 0 Å². The van der Waals surface area contributed by atoms with Crippen LogP contribution >= 0.6 is 0 Å². The minimum Gasteiger partial charge on any atom is -0.0988 e. The molecule has 0 aromatic heterocycles. The molecule has 0 nitrogen and oxygen atoms in total. The maximum absolute atomic E-state index is 3.61. The fraction of sp³-hybridized carbons (Fsp3) is 0.400. The minimum atomic E-state index is 0. The van der Waals surface area contributed by atoms with Gasteiger partial charge in [-0.25, -0.2) is 0 Å². The zero-order chi connectivity index (χ0) is 8.41. The second-order valence-electron chi connectivity index (χ2n) is 1.64. The molecule has 0 N–H and O–H groups in total. The molecule has 0 aliphatic heterocycles. The quantitative estimate of drug-likeness (QED) is 0.680. The van der Waals surface area contributed by atoms with Crippen LogP contribution in [0, 0.1) is 0 Å². The Morgan fingerprint density at radius 1 is 1.27 bits per heavy atom. The van der Waals surface area contributed by atoms with Crippen LogP contribution in [0.3, 0.4) is 0 Å². The molecule has 0 aromatic carbocycles. The molecule has 64 valence electrons. The smallest absolute Gasteiger partial charge is 0 e. The van der Waals surface area contributed by atoms with Gasteiger partial charge in [0.15, 0.2) is 0 Å². The molecular weight excluding hydrogens is 304 g/mol. The Morgan fingerprint density at radius 2 is 1.73 bits per heavy atom. The first-order valence-electron chi connectivity index (χ1n) is 3.73. The minimum absolute atomic E-state index is 0. The molecule has 0 atom stereocenters. The van der Waals surface area contributed by atoms with Gasteiger partial charge in [-0.1, -0.05) is 50.3 Å².